The standard InChI is InChI=1S/C15H18FNO/c1-11(2)15(12-5-7-13(16)8-6-12)17-10-14-4-3-9-18-14/h3-9,11,15,17H,10H2,1-2H3. The average molecular weight is 247 g/mol. The van der Waals surface area contributed by atoms with Crippen molar-refractivity contribution >= 4 is 0 Å². The van der Waals surface area contributed by atoms with Crippen LogP contribution >= 0.6 is 0 Å². The summed E-state index contributed by atoms with van der Waals surface area (Å²) in [6.45, 7) is 4.96. The summed E-state index contributed by atoms with van der Waals surface area (Å²) in [5.41, 5.74) is 1.10. The van der Waals surface area contributed by atoms with Gasteiger partial charge in [0.1, 0.15) is 11.6 Å². The van der Waals surface area contributed by atoms with Crippen molar-refractivity contribution in [2.75, 3.05) is 0 Å². The Kier molecular flexibility index (Phi) is 4.15. The van der Waals surface area contributed by atoms with E-state index in [1.54, 1.807) is 6.26 Å². The van der Waals surface area contributed by atoms with Crippen molar-refractivity contribution in [1.29, 1.82) is 0 Å². The highest BCUT2D eigenvalue weighted by atomic mass is 19.1. The molecule has 1 aromatic heterocycles. The normalized spacial score (nSPS) is 12.9. The molecule has 0 fully saturated rings. The van der Waals surface area contributed by atoms with Crippen LogP contribution in [0.4, 0.5) is 4.39 Å². The fraction of sp³-hybridized carbons (Fsp3) is 0.333. The number of nitrogens with one attached hydrogen (secondary N) is 1. The molecule has 0 spiro atoms. The molecule has 0 bridgehead atoms. The fourth-order valence-corrected chi connectivity index (χ4v) is 2.03. The van der Waals surface area contributed by atoms with E-state index in [1.807, 2.05) is 24.3 Å². The molecular formula is C15H18FNO. The van der Waals surface area contributed by atoms with Gasteiger partial charge in [-0.05, 0) is 35.7 Å². The van der Waals surface area contributed by atoms with Crippen molar-refractivity contribution in [3.8, 4) is 0 Å². The van der Waals surface area contributed by atoms with Crippen LogP contribution in [0, 0.1) is 11.7 Å². The third-order valence-corrected chi connectivity index (χ3v) is 2.97. The molecule has 2 rings (SSSR count). The summed E-state index contributed by atoms with van der Waals surface area (Å²) in [5, 5.41) is 3.44. The molecule has 1 aromatic carbocycles. The lowest BCUT2D eigenvalue weighted by Crippen LogP contribution is -2.25. The minimum absolute atomic E-state index is 0.190. The molecular weight excluding hydrogens is 229 g/mol. The summed E-state index contributed by atoms with van der Waals surface area (Å²) in [5.74, 6) is 1.13. The number of hydrogen-bond acceptors (Lipinski definition) is 2. The first kappa shape index (κ1) is 12.8. The molecule has 1 unspecified atom stereocenters. The largest absolute Gasteiger partial charge is 0.468 e. The predicted molar refractivity (Wildman–Crippen MR) is 69.5 cm³/mol. The lowest BCUT2D eigenvalue weighted by molar-refractivity contribution is 0.383. The van der Waals surface area contributed by atoms with Crippen LogP contribution in [-0.2, 0) is 6.54 Å². The number of benzene rings is 1. The molecule has 0 radical (unpaired) electrons. The van der Waals surface area contributed by atoms with Crippen LogP contribution in [0.15, 0.2) is 47.1 Å². The van der Waals surface area contributed by atoms with Gasteiger partial charge in [-0.15, -0.1) is 0 Å². The van der Waals surface area contributed by atoms with Crippen LogP contribution in [0.5, 0.6) is 0 Å². The molecule has 2 aromatic rings. The SMILES string of the molecule is CC(C)C(NCc1ccco1)c1ccc(F)cc1. The summed E-state index contributed by atoms with van der Waals surface area (Å²) < 4.78 is 18.2. The molecule has 18 heavy (non-hydrogen) atoms. The Labute approximate surface area is 107 Å². The maximum Gasteiger partial charge on any atom is 0.123 e. The highest BCUT2D eigenvalue weighted by molar-refractivity contribution is 5.20. The van der Waals surface area contributed by atoms with Crippen LogP contribution in [0.25, 0.3) is 0 Å². The van der Waals surface area contributed by atoms with Crippen LogP contribution in [0.1, 0.15) is 31.2 Å². The van der Waals surface area contributed by atoms with Gasteiger partial charge in [0.2, 0.25) is 0 Å². The number of halogens is 1. The molecule has 1 atom stereocenters. The molecule has 2 nitrogen and oxygen atoms in total. The molecule has 0 aliphatic heterocycles. The zero-order valence-electron chi connectivity index (χ0n) is 10.7. The van der Waals surface area contributed by atoms with Gasteiger partial charge in [-0.25, -0.2) is 4.39 Å². The Morgan fingerprint density at radius 2 is 1.89 bits per heavy atom. The number of rotatable bonds is 5. The van der Waals surface area contributed by atoms with E-state index in [4.69, 9.17) is 4.42 Å². The molecule has 0 aliphatic rings. The topological polar surface area (TPSA) is 25.2 Å². The third-order valence-electron chi connectivity index (χ3n) is 2.97. The van der Waals surface area contributed by atoms with E-state index in [0.717, 1.165) is 11.3 Å². The van der Waals surface area contributed by atoms with Gasteiger partial charge in [0.05, 0.1) is 12.8 Å². The van der Waals surface area contributed by atoms with Crippen LogP contribution in [0.2, 0.25) is 0 Å². The van der Waals surface area contributed by atoms with Gasteiger partial charge < -0.3 is 9.73 Å². The van der Waals surface area contributed by atoms with Gasteiger partial charge in [0.25, 0.3) is 0 Å². The zero-order valence-corrected chi connectivity index (χ0v) is 10.7. The van der Waals surface area contributed by atoms with E-state index in [1.165, 1.54) is 12.1 Å². The molecule has 0 amide bonds. The monoisotopic (exact) mass is 247 g/mol. The second-order valence-electron chi connectivity index (χ2n) is 4.73. The Bertz CT molecular complexity index is 462. The highest BCUT2D eigenvalue weighted by Gasteiger charge is 2.15. The van der Waals surface area contributed by atoms with E-state index in [2.05, 4.69) is 19.2 Å². The van der Waals surface area contributed by atoms with Gasteiger partial charge >= 0.3 is 0 Å². The predicted octanol–water partition coefficient (Wildman–Crippen LogP) is 3.91. The Hall–Kier alpha value is -1.61. The minimum atomic E-state index is -0.202. The summed E-state index contributed by atoms with van der Waals surface area (Å²) in [7, 11) is 0. The lowest BCUT2D eigenvalue weighted by Gasteiger charge is -2.22. The van der Waals surface area contributed by atoms with Gasteiger partial charge in [-0.2, -0.15) is 0 Å². The van der Waals surface area contributed by atoms with Crippen molar-refractivity contribution in [2.45, 2.75) is 26.4 Å². The number of hydrogen-bond donors (Lipinski definition) is 1. The summed E-state index contributed by atoms with van der Waals surface area (Å²) in [4.78, 5) is 0. The molecule has 3 heteroatoms. The Balaban J connectivity index is 2.06. The second-order valence-corrected chi connectivity index (χ2v) is 4.73. The van der Waals surface area contributed by atoms with E-state index in [9.17, 15) is 4.39 Å². The molecule has 0 saturated heterocycles. The van der Waals surface area contributed by atoms with Gasteiger partial charge in [0.15, 0.2) is 0 Å². The molecule has 96 valence electrons. The summed E-state index contributed by atoms with van der Waals surface area (Å²) in [6.07, 6.45) is 1.67. The smallest absolute Gasteiger partial charge is 0.123 e. The number of furan rings is 1. The van der Waals surface area contributed by atoms with Crippen LogP contribution < -0.4 is 5.32 Å². The summed E-state index contributed by atoms with van der Waals surface area (Å²) in [6, 6.07) is 10.7. The van der Waals surface area contributed by atoms with E-state index >= 15 is 0 Å². The minimum Gasteiger partial charge on any atom is -0.468 e. The van der Waals surface area contributed by atoms with Gasteiger partial charge in [-0.1, -0.05) is 26.0 Å². The first-order valence-corrected chi connectivity index (χ1v) is 6.18. The lowest BCUT2D eigenvalue weighted by atomic mass is 9.96. The zero-order chi connectivity index (χ0) is 13.0. The molecule has 1 N–H and O–H groups in total. The molecule has 1 heterocycles. The maximum absolute atomic E-state index is 12.9. The maximum atomic E-state index is 12.9. The van der Waals surface area contributed by atoms with Crippen molar-refractivity contribution in [2.24, 2.45) is 5.92 Å². The van der Waals surface area contributed by atoms with E-state index in [0.29, 0.717) is 12.5 Å². The van der Waals surface area contributed by atoms with E-state index in [-0.39, 0.29) is 11.9 Å². The first-order chi connectivity index (χ1) is 8.66. The molecule has 0 aliphatic carbocycles. The van der Waals surface area contributed by atoms with Crippen LogP contribution in [0.3, 0.4) is 0 Å². The average Bonchev–Trinajstić information content (AvgIpc) is 2.84. The molecule has 0 saturated carbocycles. The van der Waals surface area contributed by atoms with Crippen molar-refractivity contribution in [3.05, 3.63) is 59.8 Å². The Morgan fingerprint density at radius 1 is 1.17 bits per heavy atom. The highest BCUT2D eigenvalue weighted by Crippen LogP contribution is 2.22. The second kappa shape index (κ2) is 5.83. The van der Waals surface area contributed by atoms with E-state index < -0.39 is 0 Å². The van der Waals surface area contributed by atoms with Gasteiger partial charge in [0, 0.05) is 6.04 Å². The fourth-order valence-electron chi connectivity index (χ4n) is 2.03. The first-order valence-electron chi connectivity index (χ1n) is 6.18. The van der Waals surface area contributed by atoms with Gasteiger partial charge in [-0.3, -0.25) is 0 Å². The quantitative estimate of drug-likeness (QED) is 0.866. The third kappa shape index (κ3) is 3.20. The van der Waals surface area contributed by atoms with Crippen molar-refractivity contribution in [3.63, 3.8) is 0 Å². The van der Waals surface area contributed by atoms with Crippen LogP contribution in [-0.4, -0.2) is 0 Å². The van der Waals surface area contributed by atoms with Crippen molar-refractivity contribution < 1.29 is 8.81 Å². The summed E-state index contributed by atoms with van der Waals surface area (Å²) >= 11 is 0. The Morgan fingerprint density at radius 3 is 2.44 bits per heavy atom. The van der Waals surface area contributed by atoms with Crippen molar-refractivity contribution in [1.82, 2.24) is 5.32 Å².